The number of hydrogen-bond donors (Lipinski definition) is 1. The van der Waals surface area contributed by atoms with Crippen molar-refractivity contribution in [1.82, 2.24) is 0 Å². The molecule has 2 N–H and O–H groups in total. The van der Waals surface area contributed by atoms with Crippen LogP contribution in [0.4, 0.5) is 4.39 Å². The van der Waals surface area contributed by atoms with E-state index < -0.39 is 0 Å². The van der Waals surface area contributed by atoms with Gasteiger partial charge in [0, 0.05) is 5.54 Å². The van der Waals surface area contributed by atoms with E-state index in [4.69, 9.17) is 5.73 Å². The van der Waals surface area contributed by atoms with Crippen LogP contribution in [0.5, 0.6) is 0 Å². The Labute approximate surface area is 136 Å². The van der Waals surface area contributed by atoms with Gasteiger partial charge in [-0.25, -0.2) is 4.39 Å². The molecule has 1 aliphatic rings. The summed E-state index contributed by atoms with van der Waals surface area (Å²) in [6.07, 6.45) is 6.61. The third-order valence-electron chi connectivity index (χ3n) is 5.54. The van der Waals surface area contributed by atoms with E-state index in [0.717, 1.165) is 30.7 Å². The summed E-state index contributed by atoms with van der Waals surface area (Å²) in [4.78, 5) is 0. The van der Waals surface area contributed by atoms with Crippen molar-refractivity contribution in [3.8, 4) is 0 Å². The molecule has 0 saturated heterocycles. The van der Waals surface area contributed by atoms with Gasteiger partial charge in [-0.2, -0.15) is 0 Å². The van der Waals surface area contributed by atoms with Gasteiger partial charge >= 0.3 is 0 Å². The highest BCUT2D eigenvalue weighted by molar-refractivity contribution is 9.10. The van der Waals surface area contributed by atoms with Crippen LogP contribution in [0.2, 0.25) is 0 Å². The Balaban J connectivity index is 2.00. The van der Waals surface area contributed by atoms with Crippen LogP contribution in [0, 0.1) is 17.2 Å². The zero-order chi connectivity index (χ0) is 15.7. The summed E-state index contributed by atoms with van der Waals surface area (Å²) >= 11 is 3.26. The molecule has 0 atom stereocenters. The van der Waals surface area contributed by atoms with Crippen molar-refractivity contribution in [2.24, 2.45) is 17.1 Å². The fraction of sp³-hybridized carbons (Fsp3) is 0.667. The lowest BCUT2D eigenvalue weighted by Crippen LogP contribution is -2.47. The van der Waals surface area contributed by atoms with Crippen LogP contribution in [-0.4, -0.2) is 5.54 Å². The van der Waals surface area contributed by atoms with Crippen molar-refractivity contribution >= 4 is 15.9 Å². The van der Waals surface area contributed by atoms with E-state index in [1.807, 2.05) is 12.1 Å². The van der Waals surface area contributed by atoms with Crippen molar-refractivity contribution in [2.75, 3.05) is 0 Å². The molecule has 1 saturated carbocycles. The molecule has 0 amide bonds. The highest BCUT2D eigenvalue weighted by Crippen LogP contribution is 2.43. The fourth-order valence-electron chi connectivity index (χ4n) is 3.50. The van der Waals surface area contributed by atoms with Crippen molar-refractivity contribution in [1.29, 1.82) is 0 Å². The fourth-order valence-corrected chi connectivity index (χ4v) is 3.92. The molecule has 1 fully saturated rings. The summed E-state index contributed by atoms with van der Waals surface area (Å²) in [6, 6.07) is 5.25. The molecule has 3 heteroatoms. The normalized spacial score (nSPS) is 26.9. The Morgan fingerprint density at radius 3 is 2.48 bits per heavy atom. The van der Waals surface area contributed by atoms with Gasteiger partial charge in [-0.15, -0.1) is 0 Å². The lowest BCUT2D eigenvalue weighted by Gasteiger charge is -2.43. The molecule has 1 aromatic rings. The van der Waals surface area contributed by atoms with Crippen molar-refractivity contribution in [3.05, 3.63) is 34.1 Å². The molecule has 2 rings (SSSR count). The quantitative estimate of drug-likeness (QED) is 0.762. The molecule has 0 aromatic heterocycles. The Kier molecular flexibility index (Phi) is 5.15. The third kappa shape index (κ3) is 4.07. The van der Waals surface area contributed by atoms with Gasteiger partial charge in [-0.1, -0.05) is 33.3 Å². The smallest absolute Gasteiger partial charge is 0.137 e. The lowest BCUT2D eigenvalue weighted by atomic mass is 9.65. The minimum Gasteiger partial charge on any atom is -0.325 e. The Bertz CT molecular complexity index is 490. The summed E-state index contributed by atoms with van der Waals surface area (Å²) in [5.41, 5.74) is 8.03. The molecule has 1 aliphatic carbocycles. The van der Waals surface area contributed by atoms with Crippen LogP contribution in [0.25, 0.3) is 0 Å². The molecular weight excluding hydrogens is 329 g/mol. The van der Waals surface area contributed by atoms with E-state index in [9.17, 15) is 4.39 Å². The molecule has 0 heterocycles. The maximum atomic E-state index is 13.3. The molecule has 21 heavy (non-hydrogen) atoms. The molecule has 0 aliphatic heterocycles. The molecule has 0 spiro atoms. The SMILES string of the molecule is CCC(C)(C)C1CCC(N)(Cc2ccc(F)c(Br)c2)CC1. The summed E-state index contributed by atoms with van der Waals surface area (Å²) < 4.78 is 13.8. The maximum absolute atomic E-state index is 13.3. The minimum absolute atomic E-state index is 0.127. The monoisotopic (exact) mass is 355 g/mol. The second-order valence-electron chi connectivity index (χ2n) is 7.40. The van der Waals surface area contributed by atoms with Crippen molar-refractivity contribution < 1.29 is 4.39 Å². The van der Waals surface area contributed by atoms with E-state index in [0.29, 0.717) is 9.89 Å². The van der Waals surface area contributed by atoms with Crippen LogP contribution in [0.1, 0.15) is 58.4 Å². The van der Waals surface area contributed by atoms with Crippen LogP contribution in [0.15, 0.2) is 22.7 Å². The highest BCUT2D eigenvalue weighted by atomic mass is 79.9. The first kappa shape index (κ1) is 17.0. The number of benzene rings is 1. The van der Waals surface area contributed by atoms with Gasteiger partial charge in [0.25, 0.3) is 0 Å². The Morgan fingerprint density at radius 2 is 1.95 bits per heavy atom. The predicted octanol–water partition coefficient (Wildman–Crippen LogP) is 5.45. The maximum Gasteiger partial charge on any atom is 0.137 e. The second kappa shape index (κ2) is 6.37. The van der Waals surface area contributed by atoms with E-state index in [2.05, 4.69) is 36.7 Å². The topological polar surface area (TPSA) is 26.0 Å². The van der Waals surface area contributed by atoms with Crippen molar-refractivity contribution in [3.63, 3.8) is 0 Å². The van der Waals surface area contributed by atoms with Crippen LogP contribution < -0.4 is 5.73 Å². The first-order chi connectivity index (χ1) is 9.76. The Morgan fingerprint density at radius 1 is 1.33 bits per heavy atom. The first-order valence-electron chi connectivity index (χ1n) is 7.98. The number of nitrogens with two attached hydrogens (primary N) is 1. The minimum atomic E-state index is -0.210. The largest absolute Gasteiger partial charge is 0.325 e. The first-order valence-corrected chi connectivity index (χ1v) is 8.78. The molecule has 118 valence electrons. The lowest BCUT2D eigenvalue weighted by molar-refractivity contribution is 0.115. The summed E-state index contributed by atoms with van der Waals surface area (Å²) in [5.74, 6) is 0.567. The van der Waals surface area contributed by atoms with E-state index in [-0.39, 0.29) is 11.4 Å². The number of hydrogen-bond acceptors (Lipinski definition) is 1. The van der Waals surface area contributed by atoms with E-state index >= 15 is 0 Å². The number of halogens is 2. The number of rotatable bonds is 4. The van der Waals surface area contributed by atoms with Crippen LogP contribution in [0.3, 0.4) is 0 Å². The molecule has 1 aromatic carbocycles. The zero-order valence-electron chi connectivity index (χ0n) is 13.4. The van der Waals surface area contributed by atoms with Crippen LogP contribution >= 0.6 is 15.9 Å². The zero-order valence-corrected chi connectivity index (χ0v) is 15.0. The van der Waals surface area contributed by atoms with Gasteiger partial charge in [-0.05, 0) is 77.1 Å². The van der Waals surface area contributed by atoms with Gasteiger partial charge in [0.05, 0.1) is 4.47 Å². The van der Waals surface area contributed by atoms with Gasteiger partial charge < -0.3 is 5.73 Å². The van der Waals surface area contributed by atoms with Gasteiger partial charge in [-0.3, -0.25) is 0 Å². The van der Waals surface area contributed by atoms with Gasteiger partial charge in [0.2, 0.25) is 0 Å². The molecule has 0 unspecified atom stereocenters. The predicted molar refractivity (Wildman–Crippen MR) is 90.8 cm³/mol. The second-order valence-corrected chi connectivity index (χ2v) is 8.26. The van der Waals surface area contributed by atoms with Crippen LogP contribution in [-0.2, 0) is 6.42 Å². The Hall–Kier alpha value is -0.410. The van der Waals surface area contributed by atoms with E-state index in [1.54, 1.807) is 0 Å². The van der Waals surface area contributed by atoms with E-state index in [1.165, 1.54) is 25.3 Å². The summed E-state index contributed by atoms with van der Waals surface area (Å²) in [7, 11) is 0. The molecule has 0 radical (unpaired) electrons. The summed E-state index contributed by atoms with van der Waals surface area (Å²) in [5, 5.41) is 0. The standard InChI is InChI=1S/C18H27BrFN/c1-4-17(2,3)14-7-9-18(21,10-8-14)12-13-5-6-16(20)15(19)11-13/h5-6,11,14H,4,7-10,12,21H2,1-3H3. The molecule has 0 bridgehead atoms. The molecule has 1 nitrogen and oxygen atoms in total. The molecular formula is C18H27BrFN. The highest BCUT2D eigenvalue weighted by Gasteiger charge is 2.37. The average molecular weight is 356 g/mol. The summed E-state index contributed by atoms with van der Waals surface area (Å²) in [6.45, 7) is 7.02. The third-order valence-corrected chi connectivity index (χ3v) is 6.15. The average Bonchev–Trinajstić information content (AvgIpc) is 2.43. The van der Waals surface area contributed by atoms with Crippen molar-refractivity contribution in [2.45, 2.75) is 64.8 Å². The van der Waals surface area contributed by atoms with Gasteiger partial charge in [0.15, 0.2) is 0 Å². The van der Waals surface area contributed by atoms with Gasteiger partial charge in [0.1, 0.15) is 5.82 Å².